The summed E-state index contributed by atoms with van der Waals surface area (Å²) in [6, 6.07) is 9.87. The predicted molar refractivity (Wildman–Crippen MR) is 84.2 cm³/mol. The van der Waals surface area contributed by atoms with Crippen LogP contribution in [-0.2, 0) is 0 Å². The van der Waals surface area contributed by atoms with Gasteiger partial charge >= 0.3 is 5.97 Å². The zero-order valence-electron chi connectivity index (χ0n) is 10.0. The lowest BCUT2D eigenvalue weighted by molar-refractivity contribution is 0.0698. The molecular weight excluding hydrogens is 390 g/mol. The number of para-hydroxylation sites is 1. The fourth-order valence-corrected chi connectivity index (χ4v) is 2.35. The second kappa shape index (κ2) is 6.19. The van der Waals surface area contributed by atoms with E-state index in [1.807, 2.05) is 0 Å². The van der Waals surface area contributed by atoms with Crippen molar-refractivity contribution in [3.63, 3.8) is 0 Å². The molecule has 0 fully saturated rings. The molecule has 0 atom stereocenters. The number of aromatic carboxylic acids is 1. The second-order valence-corrected chi connectivity index (χ2v) is 5.58. The first kappa shape index (κ1) is 14.7. The Kier molecular flexibility index (Phi) is 4.57. The fourth-order valence-electron chi connectivity index (χ4n) is 1.58. The number of phenolic OH excluding ortho intramolecular Hbond substituents is 1. The summed E-state index contributed by atoms with van der Waals surface area (Å²) in [4.78, 5) is 15.2. The van der Waals surface area contributed by atoms with Gasteiger partial charge in [0, 0.05) is 16.3 Å². The fraction of sp³-hybridized carbons (Fsp3) is 0. The van der Waals surface area contributed by atoms with Crippen molar-refractivity contribution < 1.29 is 15.0 Å². The zero-order chi connectivity index (χ0) is 14.7. The minimum absolute atomic E-state index is 0.0379. The van der Waals surface area contributed by atoms with Gasteiger partial charge in [-0.2, -0.15) is 0 Å². The molecule has 0 heterocycles. The van der Waals surface area contributed by atoms with Crippen LogP contribution in [0.5, 0.6) is 5.75 Å². The summed E-state index contributed by atoms with van der Waals surface area (Å²) in [6.07, 6.45) is 1.42. The number of carbonyl (C=O) groups is 1. The lowest BCUT2D eigenvalue weighted by Crippen LogP contribution is -1.96. The Bertz CT molecular complexity index is 699. The number of rotatable bonds is 3. The summed E-state index contributed by atoms with van der Waals surface area (Å²) >= 11 is 6.53. The third-order valence-corrected chi connectivity index (χ3v) is 3.91. The SMILES string of the molecule is O=C(O)c1ccccc1N=Cc1c(Br)ccc(Br)c1O. The largest absolute Gasteiger partial charge is 0.506 e. The van der Waals surface area contributed by atoms with Gasteiger partial charge in [-0.1, -0.05) is 12.1 Å². The summed E-state index contributed by atoms with van der Waals surface area (Å²) in [5.74, 6) is -1.01. The van der Waals surface area contributed by atoms with E-state index in [0.717, 1.165) is 0 Å². The van der Waals surface area contributed by atoms with Gasteiger partial charge in [-0.05, 0) is 56.1 Å². The van der Waals surface area contributed by atoms with Gasteiger partial charge in [0.05, 0.1) is 15.7 Å². The van der Waals surface area contributed by atoms with E-state index < -0.39 is 5.97 Å². The molecule has 2 rings (SSSR count). The molecule has 20 heavy (non-hydrogen) atoms. The average molecular weight is 399 g/mol. The predicted octanol–water partition coefficient (Wildman–Crippen LogP) is 4.37. The molecule has 0 aliphatic heterocycles. The number of aliphatic imine (C=N–C) groups is 1. The van der Waals surface area contributed by atoms with Crippen molar-refractivity contribution in [2.45, 2.75) is 0 Å². The summed E-state index contributed by atoms with van der Waals surface area (Å²) in [5.41, 5.74) is 0.903. The highest BCUT2D eigenvalue weighted by molar-refractivity contribution is 9.11. The van der Waals surface area contributed by atoms with Crippen molar-refractivity contribution in [3.8, 4) is 5.75 Å². The van der Waals surface area contributed by atoms with Crippen LogP contribution in [0.15, 0.2) is 50.3 Å². The molecule has 102 valence electrons. The van der Waals surface area contributed by atoms with Crippen LogP contribution in [-0.4, -0.2) is 22.4 Å². The van der Waals surface area contributed by atoms with E-state index in [-0.39, 0.29) is 11.3 Å². The van der Waals surface area contributed by atoms with E-state index >= 15 is 0 Å². The van der Waals surface area contributed by atoms with Crippen molar-refractivity contribution >= 4 is 49.7 Å². The number of nitrogens with zero attached hydrogens (tertiary/aromatic N) is 1. The van der Waals surface area contributed by atoms with Gasteiger partial charge in [0.15, 0.2) is 0 Å². The van der Waals surface area contributed by atoms with Crippen LogP contribution in [0.25, 0.3) is 0 Å². The van der Waals surface area contributed by atoms with E-state index in [0.29, 0.717) is 20.2 Å². The molecular formula is C14H9Br2NO3. The van der Waals surface area contributed by atoms with Gasteiger partial charge in [0.2, 0.25) is 0 Å². The maximum Gasteiger partial charge on any atom is 0.337 e. The Hall–Kier alpha value is -1.66. The number of aromatic hydroxyl groups is 1. The summed E-state index contributed by atoms with van der Waals surface area (Å²) in [6.45, 7) is 0. The van der Waals surface area contributed by atoms with Crippen LogP contribution in [0.1, 0.15) is 15.9 Å². The van der Waals surface area contributed by atoms with Crippen molar-refractivity contribution in [3.05, 3.63) is 56.5 Å². The summed E-state index contributed by atoms with van der Waals surface area (Å²) in [7, 11) is 0. The molecule has 0 aliphatic rings. The molecule has 6 heteroatoms. The maximum absolute atomic E-state index is 11.1. The minimum Gasteiger partial charge on any atom is -0.506 e. The van der Waals surface area contributed by atoms with Crippen LogP contribution in [0.4, 0.5) is 5.69 Å². The Morgan fingerprint density at radius 1 is 1.10 bits per heavy atom. The third-order valence-electron chi connectivity index (χ3n) is 2.58. The highest BCUT2D eigenvalue weighted by Gasteiger charge is 2.10. The van der Waals surface area contributed by atoms with Crippen molar-refractivity contribution in [2.75, 3.05) is 0 Å². The molecule has 2 aromatic rings. The standard InChI is InChI=1S/C14H9Br2NO3/c15-10-5-6-11(16)13(18)9(10)7-17-12-4-2-1-3-8(12)14(19)20/h1-7,18H,(H,19,20). The van der Waals surface area contributed by atoms with E-state index in [1.54, 1.807) is 30.3 Å². The van der Waals surface area contributed by atoms with Gasteiger partial charge in [-0.3, -0.25) is 4.99 Å². The first-order valence-corrected chi connectivity index (χ1v) is 7.12. The van der Waals surface area contributed by atoms with Gasteiger partial charge in [0.1, 0.15) is 5.75 Å². The first-order valence-electron chi connectivity index (χ1n) is 5.54. The summed E-state index contributed by atoms with van der Waals surface area (Å²) in [5, 5.41) is 19.0. The van der Waals surface area contributed by atoms with Crippen molar-refractivity contribution in [1.82, 2.24) is 0 Å². The van der Waals surface area contributed by atoms with Gasteiger partial charge < -0.3 is 10.2 Å². The van der Waals surface area contributed by atoms with Crippen molar-refractivity contribution in [2.24, 2.45) is 4.99 Å². The Labute approximate surface area is 132 Å². The number of hydrogen-bond acceptors (Lipinski definition) is 3. The highest BCUT2D eigenvalue weighted by Crippen LogP contribution is 2.32. The molecule has 2 aromatic carbocycles. The van der Waals surface area contributed by atoms with Crippen LogP contribution in [0, 0.1) is 0 Å². The Morgan fingerprint density at radius 2 is 1.75 bits per heavy atom. The first-order chi connectivity index (χ1) is 9.50. The van der Waals surface area contributed by atoms with Gasteiger partial charge in [-0.25, -0.2) is 4.79 Å². The molecule has 0 bridgehead atoms. The summed E-state index contributed by atoms with van der Waals surface area (Å²) < 4.78 is 1.20. The molecule has 2 N–H and O–H groups in total. The zero-order valence-corrected chi connectivity index (χ0v) is 13.2. The quantitative estimate of drug-likeness (QED) is 0.754. The van der Waals surface area contributed by atoms with Crippen LogP contribution in [0.2, 0.25) is 0 Å². The molecule has 0 radical (unpaired) electrons. The maximum atomic E-state index is 11.1. The van der Waals surface area contributed by atoms with Crippen molar-refractivity contribution in [1.29, 1.82) is 0 Å². The average Bonchev–Trinajstić information content (AvgIpc) is 2.43. The van der Waals surface area contributed by atoms with Crippen LogP contribution in [0.3, 0.4) is 0 Å². The monoisotopic (exact) mass is 397 g/mol. The number of carboxylic acids is 1. The molecule has 0 amide bonds. The van der Waals surface area contributed by atoms with Gasteiger partial charge in [-0.15, -0.1) is 0 Å². The number of halogens is 2. The number of carboxylic acid groups (broad SMARTS) is 1. The number of phenols is 1. The minimum atomic E-state index is -1.05. The number of benzene rings is 2. The lowest BCUT2D eigenvalue weighted by Gasteiger charge is -2.04. The molecule has 0 unspecified atom stereocenters. The molecule has 0 saturated carbocycles. The van der Waals surface area contributed by atoms with E-state index in [1.165, 1.54) is 12.3 Å². The lowest BCUT2D eigenvalue weighted by atomic mass is 10.2. The molecule has 4 nitrogen and oxygen atoms in total. The van der Waals surface area contributed by atoms with E-state index in [9.17, 15) is 9.90 Å². The Morgan fingerprint density at radius 3 is 2.45 bits per heavy atom. The third kappa shape index (κ3) is 3.08. The molecule has 0 spiro atoms. The van der Waals surface area contributed by atoms with E-state index in [2.05, 4.69) is 36.9 Å². The second-order valence-electron chi connectivity index (χ2n) is 3.87. The molecule has 0 aliphatic carbocycles. The molecule has 0 aromatic heterocycles. The topological polar surface area (TPSA) is 69.9 Å². The van der Waals surface area contributed by atoms with Crippen LogP contribution < -0.4 is 0 Å². The Balaban J connectivity index is 2.45. The highest BCUT2D eigenvalue weighted by atomic mass is 79.9. The normalized spacial score (nSPS) is 10.9. The molecule has 0 saturated heterocycles. The number of hydrogen-bond donors (Lipinski definition) is 2. The van der Waals surface area contributed by atoms with Gasteiger partial charge in [0.25, 0.3) is 0 Å². The smallest absolute Gasteiger partial charge is 0.337 e. The van der Waals surface area contributed by atoms with E-state index in [4.69, 9.17) is 5.11 Å². The van der Waals surface area contributed by atoms with Crippen LogP contribution >= 0.6 is 31.9 Å².